The van der Waals surface area contributed by atoms with Gasteiger partial charge in [-0.05, 0) is 18.2 Å². The summed E-state index contributed by atoms with van der Waals surface area (Å²) >= 11 is 17.9. The standard InChI is InChI=1S/C14H10Cl3NO3/c15-7-9-11(16)4-2-6-14(9)21-8-10-12(17)3-1-5-13(10)18(19)20/h1-6H,7-8H2. The number of nitro benzene ring substituents is 1. The molecule has 0 aromatic heterocycles. The van der Waals surface area contributed by atoms with Crippen LogP contribution in [0, 0.1) is 10.1 Å². The zero-order valence-electron chi connectivity index (χ0n) is 10.7. The zero-order chi connectivity index (χ0) is 15.4. The molecule has 0 saturated carbocycles. The van der Waals surface area contributed by atoms with E-state index in [2.05, 4.69) is 0 Å². The van der Waals surface area contributed by atoms with Crippen molar-refractivity contribution in [3.05, 3.63) is 67.7 Å². The normalized spacial score (nSPS) is 10.4. The van der Waals surface area contributed by atoms with Crippen molar-refractivity contribution in [2.75, 3.05) is 0 Å². The summed E-state index contributed by atoms with van der Waals surface area (Å²) in [4.78, 5) is 10.5. The molecule has 0 unspecified atom stereocenters. The second-order valence-corrected chi connectivity index (χ2v) is 5.22. The first-order valence-corrected chi connectivity index (χ1v) is 7.21. The number of nitrogens with zero attached hydrogens (tertiary/aromatic N) is 1. The van der Waals surface area contributed by atoms with Crippen molar-refractivity contribution in [2.24, 2.45) is 0 Å². The first-order valence-electron chi connectivity index (χ1n) is 5.92. The molecule has 0 aliphatic carbocycles. The molecule has 2 rings (SSSR count). The second-order valence-electron chi connectivity index (χ2n) is 4.13. The zero-order valence-corrected chi connectivity index (χ0v) is 13.0. The number of hydrogen-bond acceptors (Lipinski definition) is 3. The Kier molecular flexibility index (Phi) is 5.28. The van der Waals surface area contributed by atoms with Gasteiger partial charge >= 0.3 is 0 Å². The minimum absolute atomic E-state index is 0.0415. The van der Waals surface area contributed by atoms with E-state index >= 15 is 0 Å². The minimum atomic E-state index is -0.495. The molecular weight excluding hydrogens is 337 g/mol. The minimum Gasteiger partial charge on any atom is -0.488 e. The monoisotopic (exact) mass is 345 g/mol. The topological polar surface area (TPSA) is 52.4 Å². The van der Waals surface area contributed by atoms with Gasteiger partial charge in [0.05, 0.1) is 21.4 Å². The average Bonchev–Trinajstić information content (AvgIpc) is 2.45. The van der Waals surface area contributed by atoms with Crippen LogP contribution in [0.2, 0.25) is 10.0 Å². The van der Waals surface area contributed by atoms with Crippen LogP contribution in [-0.2, 0) is 12.5 Å². The molecule has 4 nitrogen and oxygen atoms in total. The second kappa shape index (κ2) is 6.98. The molecular formula is C14H10Cl3NO3. The van der Waals surface area contributed by atoms with Crippen LogP contribution in [-0.4, -0.2) is 4.92 Å². The van der Waals surface area contributed by atoms with Crippen LogP contribution < -0.4 is 4.74 Å². The highest BCUT2D eigenvalue weighted by molar-refractivity contribution is 6.32. The van der Waals surface area contributed by atoms with Crippen LogP contribution in [0.4, 0.5) is 5.69 Å². The third kappa shape index (κ3) is 3.59. The van der Waals surface area contributed by atoms with Gasteiger partial charge in [0, 0.05) is 16.7 Å². The molecule has 0 N–H and O–H groups in total. The van der Waals surface area contributed by atoms with Crippen molar-refractivity contribution in [1.82, 2.24) is 0 Å². The van der Waals surface area contributed by atoms with Crippen LogP contribution >= 0.6 is 34.8 Å². The molecule has 0 atom stereocenters. The molecule has 0 aliphatic rings. The van der Waals surface area contributed by atoms with E-state index in [0.717, 1.165) is 0 Å². The van der Waals surface area contributed by atoms with Crippen LogP contribution in [0.25, 0.3) is 0 Å². The van der Waals surface area contributed by atoms with Crippen molar-refractivity contribution < 1.29 is 9.66 Å². The maximum absolute atomic E-state index is 11.0. The van der Waals surface area contributed by atoms with Crippen molar-refractivity contribution in [3.8, 4) is 5.75 Å². The van der Waals surface area contributed by atoms with Crippen LogP contribution in [0.5, 0.6) is 5.75 Å². The van der Waals surface area contributed by atoms with Crippen LogP contribution in [0.3, 0.4) is 0 Å². The van der Waals surface area contributed by atoms with E-state index in [1.807, 2.05) is 0 Å². The molecule has 0 bridgehead atoms. The quantitative estimate of drug-likeness (QED) is 0.424. The molecule has 0 fully saturated rings. The number of rotatable bonds is 5. The van der Waals surface area contributed by atoms with E-state index in [9.17, 15) is 10.1 Å². The summed E-state index contributed by atoms with van der Waals surface area (Å²) in [6, 6.07) is 9.59. The van der Waals surface area contributed by atoms with E-state index in [4.69, 9.17) is 39.5 Å². The first kappa shape index (κ1) is 15.9. The molecule has 0 amide bonds. The summed E-state index contributed by atoms with van der Waals surface area (Å²) in [7, 11) is 0. The van der Waals surface area contributed by atoms with E-state index in [-0.39, 0.29) is 23.2 Å². The Labute approximate surface area is 136 Å². The van der Waals surface area contributed by atoms with Gasteiger partial charge in [0.2, 0.25) is 0 Å². The molecule has 0 radical (unpaired) electrons. The van der Waals surface area contributed by atoms with Gasteiger partial charge in [-0.15, -0.1) is 11.6 Å². The number of benzene rings is 2. The van der Waals surface area contributed by atoms with Crippen LogP contribution in [0.15, 0.2) is 36.4 Å². The summed E-state index contributed by atoms with van der Waals surface area (Å²) in [5, 5.41) is 11.8. The van der Waals surface area contributed by atoms with E-state index in [0.29, 0.717) is 21.9 Å². The summed E-state index contributed by atoms with van der Waals surface area (Å²) < 4.78 is 5.61. The fourth-order valence-electron chi connectivity index (χ4n) is 1.81. The largest absolute Gasteiger partial charge is 0.488 e. The molecule has 0 spiro atoms. The first-order chi connectivity index (χ1) is 10.0. The van der Waals surface area contributed by atoms with Crippen molar-refractivity contribution in [2.45, 2.75) is 12.5 Å². The average molecular weight is 347 g/mol. The summed E-state index contributed by atoms with van der Waals surface area (Å²) in [6.07, 6.45) is 0. The maximum Gasteiger partial charge on any atom is 0.277 e. The van der Waals surface area contributed by atoms with Gasteiger partial charge in [0.1, 0.15) is 12.4 Å². The third-order valence-electron chi connectivity index (χ3n) is 2.87. The smallest absolute Gasteiger partial charge is 0.277 e. The summed E-state index contributed by atoms with van der Waals surface area (Å²) in [6.45, 7) is -0.0415. The van der Waals surface area contributed by atoms with Gasteiger partial charge < -0.3 is 4.74 Å². The Morgan fingerprint density at radius 2 is 1.67 bits per heavy atom. The predicted molar refractivity (Wildman–Crippen MR) is 83.4 cm³/mol. The van der Waals surface area contributed by atoms with E-state index in [1.165, 1.54) is 12.1 Å². The lowest BCUT2D eigenvalue weighted by Gasteiger charge is -2.12. The SMILES string of the molecule is O=[N+]([O-])c1cccc(Cl)c1COc1cccc(Cl)c1CCl. The molecule has 7 heteroatoms. The van der Waals surface area contributed by atoms with E-state index in [1.54, 1.807) is 24.3 Å². The van der Waals surface area contributed by atoms with Crippen molar-refractivity contribution >= 4 is 40.5 Å². The Hall–Kier alpha value is -1.49. The number of hydrogen-bond donors (Lipinski definition) is 0. The van der Waals surface area contributed by atoms with Crippen molar-refractivity contribution in [1.29, 1.82) is 0 Å². The molecule has 0 heterocycles. The molecule has 2 aromatic rings. The molecule has 21 heavy (non-hydrogen) atoms. The number of nitro groups is 1. The van der Waals surface area contributed by atoms with Crippen molar-refractivity contribution in [3.63, 3.8) is 0 Å². The fraction of sp³-hybridized carbons (Fsp3) is 0.143. The van der Waals surface area contributed by atoms with Gasteiger partial charge in [-0.1, -0.05) is 35.3 Å². The Balaban J connectivity index is 2.29. The van der Waals surface area contributed by atoms with Gasteiger partial charge in [-0.25, -0.2) is 0 Å². The predicted octanol–water partition coefficient (Wildman–Crippen LogP) is 5.22. The third-order valence-corrected chi connectivity index (χ3v) is 3.85. The van der Waals surface area contributed by atoms with E-state index < -0.39 is 4.92 Å². The fourth-order valence-corrected chi connectivity index (χ4v) is 2.62. The van der Waals surface area contributed by atoms with Gasteiger partial charge in [0.15, 0.2) is 0 Å². The highest BCUT2D eigenvalue weighted by atomic mass is 35.5. The molecule has 0 aliphatic heterocycles. The highest BCUT2D eigenvalue weighted by Gasteiger charge is 2.18. The highest BCUT2D eigenvalue weighted by Crippen LogP contribution is 2.31. The summed E-state index contributed by atoms with van der Waals surface area (Å²) in [5.74, 6) is 0.659. The number of ether oxygens (including phenoxy) is 1. The maximum atomic E-state index is 11.0. The lowest BCUT2D eigenvalue weighted by atomic mass is 10.2. The molecule has 110 valence electrons. The van der Waals surface area contributed by atoms with Gasteiger partial charge in [0.25, 0.3) is 5.69 Å². The molecule has 0 saturated heterocycles. The Morgan fingerprint density at radius 3 is 2.29 bits per heavy atom. The lowest BCUT2D eigenvalue weighted by Crippen LogP contribution is -2.03. The molecule has 2 aromatic carbocycles. The van der Waals surface area contributed by atoms with Gasteiger partial charge in [-0.2, -0.15) is 0 Å². The van der Waals surface area contributed by atoms with Gasteiger partial charge in [-0.3, -0.25) is 10.1 Å². The number of alkyl halides is 1. The Bertz CT molecular complexity index is 677. The Morgan fingerprint density at radius 1 is 1.05 bits per heavy atom. The summed E-state index contributed by atoms with van der Waals surface area (Å²) in [5.41, 5.74) is 0.858. The lowest BCUT2D eigenvalue weighted by molar-refractivity contribution is -0.385. The number of halogens is 3. The van der Waals surface area contributed by atoms with Crippen LogP contribution in [0.1, 0.15) is 11.1 Å².